The lowest BCUT2D eigenvalue weighted by Gasteiger charge is -2.44. The Balaban J connectivity index is 3.05. The van der Waals surface area contributed by atoms with E-state index in [2.05, 4.69) is 31.9 Å². The number of ether oxygens (including phenoxy) is 13. The molecule has 0 aromatic rings. The van der Waals surface area contributed by atoms with E-state index in [-0.39, 0.29) is 122 Å². The van der Waals surface area contributed by atoms with Gasteiger partial charge in [-0.25, -0.2) is 0 Å². The van der Waals surface area contributed by atoms with Crippen LogP contribution < -0.4 is 31.9 Å². The Morgan fingerprint density at radius 3 is 1.29 bits per heavy atom. The standard InChI is InChI=1S/C66H105N7O30/c1-39(74)70-57(60(99-47(9)82)51(97-45(7)80)25-36-91-42(4)77)64(89)93-33-16-13-22-54(86)68-29-19-27-67-28-20-31-73(56(88)24-15-18-35-95-66-59(72-41(3)76)63(102-50(12)85)62(101-49(11)84)53(103-66)38-96-44(6)79)32-21-30-69-55(87)23-14-17-34-94-65(90)58(71-40(2)75)61(100-48(10)83)52(98-46(8)81)26-37-92-43(5)78/h51-53,59,62-67,89-90H,13-38H2,1-12H3,(H,68,86)(H,69,87)(H,70,74)(H,71,75)(H,72,76)/b60-57+,61-58+/t51-,52-,53?,59?,62-,63?,64-,65-,66+/m0/s1. The van der Waals surface area contributed by atoms with Crippen LogP contribution >= 0.6 is 0 Å². The van der Waals surface area contributed by atoms with Crippen LogP contribution in [0.15, 0.2) is 22.9 Å². The van der Waals surface area contributed by atoms with Crippen LogP contribution in [-0.4, -0.2) is 239 Å². The van der Waals surface area contributed by atoms with Crippen molar-refractivity contribution in [3.8, 4) is 0 Å². The zero-order chi connectivity index (χ0) is 77.6. The maximum atomic E-state index is 13.9. The first-order chi connectivity index (χ1) is 48.6. The highest BCUT2D eigenvalue weighted by atomic mass is 16.7. The quantitative estimate of drug-likeness (QED) is 0.0133. The molecule has 1 heterocycles. The van der Waals surface area contributed by atoms with Crippen LogP contribution in [0.1, 0.15) is 173 Å². The predicted octanol–water partition coefficient (Wildman–Crippen LogP) is 0.252. The van der Waals surface area contributed by atoms with Gasteiger partial charge in [-0.15, -0.1) is 0 Å². The Morgan fingerprint density at radius 2 is 0.864 bits per heavy atom. The van der Waals surface area contributed by atoms with Crippen LogP contribution in [0.4, 0.5) is 0 Å². The van der Waals surface area contributed by atoms with Crippen molar-refractivity contribution < 1.29 is 144 Å². The van der Waals surface area contributed by atoms with Gasteiger partial charge in [-0.3, -0.25) is 71.9 Å². The van der Waals surface area contributed by atoms with Crippen molar-refractivity contribution in [1.82, 2.24) is 36.8 Å². The average Bonchev–Trinajstić information content (AvgIpc) is 0.789. The lowest BCUT2D eigenvalue weighted by Crippen LogP contribution is -2.66. The van der Waals surface area contributed by atoms with Crippen molar-refractivity contribution >= 4 is 89.2 Å². The van der Waals surface area contributed by atoms with Crippen LogP contribution in [0.2, 0.25) is 0 Å². The number of carbonyl (C=O) groups excluding carboxylic acids is 15. The highest BCUT2D eigenvalue weighted by Crippen LogP contribution is 2.29. The van der Waals surface area contributed by atoms with Crippen molar-refractivity contribution in [2.75, 3.05) is 78.9 Å². The van der Waals surface area contributed by atoms with E-state index in [1.54, 1.807) is 4.90 Å². The molecule has 1 fully saturated rings. The molecule has 0 aromatic carbocycles. The van der Waals surface area contributed by atoms with Crippen LogP contribution in [0, 0.1) is 0 Å². The van der Waals surface area contributed by atoms with Crippen LogP contribution in [0.3, 0.4) is 0 Å². The highest BCUT2D eigenvalue weighted by Gasteiger charge is 2.51. The molecule has 1 aliphatic rings. The van der Waals surface area contributed by atoms with Gasteiger partial charge in [0.15, 0.2) is 54.8 Å². The molecule has 103 heavy (non-hydrogen) atoms. The summed E-state index contributed by atoms with van der Waals surface area (Å²) < 4.78 is 70.3. The Labute approximate surface area is 598 Å². The zero-order valence-electron chi connectivity index (χ0n) is 60.9. The monoisotopic (exact) mass is 1480 g/mol. The van der Waals surface area contributed by atoms with Gasteiger partial charge in [-0.1, -0.05) is 0 Å². The number of hydrogen-bond acceptors (Lipinski definition) is 31. The first-order valence-corrected chi connectivity index (χ1v) is 33.8. The van der Waals surface area contributed by atoms with Gasteiger partial charge in [0.25, 0.3) is 0 Å². The second kappa shape index (κ2) is 52.2. The summed E-state index contributed by atoms with van der Waals surface area (Å²) >= 11 is 0. The van der Waals surface area contributed by atoms with Gasteiger partial charge in [0.1, 0.15) is 30.1 Å². The molecule has 0 spiro atoms. The summed E-state index contributed by atoms with van der Waals surface area (Å²) in [6, 6.07) is -1.20. The van der Waals surface area contributed by atoms with E-state index in [4.69, 9.17) is 61.6 Å². The lowest BCUT2D eigenvalue weighted by molar-refractivity contribution is -0.277. The fraction of sp³-hybridized carbons (Fsp3) is 0.712. The number of esters is 9. The molecule has 6 amide bonds. The summed E-state index contributed by atoms with van der Waals surface area (Å²) in [5, 5.41) is 38.3. The molecule has 0 bridgehead atoms. The normalized spacial score (nSPS) is 17.0. The van der Waals surface area contributed by atoms with E-state index in [1.165, 1.54) is 6.92 Å². The topological polar surface area (TPSA) is 492 Å². The molecule has 37 nitrogen and oxygen atoms in total. The van der Waals surface area contributed by atoms with Crippen molar-refractivity contribution in [2.45, 2.75) is 228 Å². The number of aliphatic hydroxyl groups is 2. The predicted molar refractivity (Wildman–Crippen MR) is 354 cm³/mol. The van der Waals surface area contributed by atoms with E-state index in [0.717, 1.165) is 76.2 Å². The van der Waals surface area contributed by atoms with Crippen molar-refractivity contribution in [1.29, 1.82) is 0 Å². The van der Waals surface area contributed by atoms with Gasteiger partial charge in [-0.2, -0.15) is 0 Å². The van der Waals surface area contributed by atoms with Gasteiger partial charge in [-0.05, 0) is 70.9 Å². The number of hydrogen-bond donors (Lipinski definition) is 8. The van der Waals surface area contributed by atoms with Crippen LogP contribution in [-0.2, 0) is 133 Å². The summed E-state index contributed by atoms with van der Waals surface area (Å²) in [6.45, 7) is 14.0. The summed E-state index contributed by atoms with van der Waals surface area (Å²) in [7, 11) is 0. The Kier molecular flexibility index (Phi) is 46.8. The summed E-state index contributed by atoms with van der Waals surface area (Å²) in [5.74, 6) is -10.7. The molecule has 1 rings (SSSR count). The van der Waals surface area contributed by atoms with Crippen molar-refractivity contribution in [2.24, 2.45) is 0 Å². The van der Waals surface area contributed by atoms with E-state index in [0.29, 0.717) is 58.3 Å². The fourth-order valence-electron chi connectivity index (χ4n) is 9.77. The highest BCUT2D eigenvalue weighted by molar-refractivity contribution is 5.78. The SMILES string of the molecule is CC(=O)N/C(=C(/OC(C)=O)[C@H](CCOC(C)=O)OC(C)=O)[C@@H](O)OCCCCC(=O)NCCCNCCCN(CCCNC(=O)CCCCO[C@H](O)/C(NC(C)=O)=C(\OC(C)=O)[C@H](CCOC(C)=O)OC(C)=O)C(=O)CCCCO[C@@H]1OC(COC(C)=O)[C@H](OC(C)=O)C(OC(C)=O)C1NC(C)=O. The molecule has 37 heteroatoms. The molecule has 0 aromatic heterocycles. The summed E-state index contributed by atoms with van der Waals surface area (Å²) in [6.07, 6.45) is -9.01. The minimum atomic E-state index is -1.93. The molecule has 1 saturated heterocycles. The summed E-state index contributed by atoms with van der Waals surface area (Å²) in [5.41, 5.74) is -0.881. The minimum Gasteiger partial charge on any atom is -0.466 e. The van der Waals surface area contributed by atoms with Gasteiger partial charge in [0.2, 0.25) is 35.4 Å². The van der Waals surface area contributed by atoms with Gasteiger partial charge in [0.05, 0.1) is 26.4 Å². The number of nitrogens with zero attached hydrogens (tertiary/aromatic N) is 1. The lowest BCUT2D eigenvalue weighted by atomic mass is 9.96. The van der Waals surface area contributed by atoms with E-state index < -0.39 is 156 Å². The third-order valence-corrected chi connectivity index (χ3v) is 13.9. The van der Waals surface area contributed by atoms with E-state index in [9.17, 15) is 82.1 Å². The van der Waals surface area contributed by atoms with Crippen LogP contribution in [0.25, 0.3) is 0 Å². The summed E-state index contributed by atoms with van der Waals surface area (Å²) in [4.78, 5) is 185. The van der Waals surface area contributed by atoms with Crippen LogP contribution in [0.5, 0.6) is 0 Å². The minimum absolute atomic E-state index is 0.0263. The smallest absolute Gasteiger partial charge is 0.307 e. The third-order valence-electron chi connectivity index (χ3n) is 13.9. The Bertz CT molecular complexity index is 2870. The second-order valence-electron chi connectivity index (χ2n) is 23.4. The maximum absolute atomic E-state index is 13.9. The van der Waals surface area contributed by atoms with Crippen molar-refractivity contribution in [3.63, 3.8) is 0 Å². The number of rotatable bonds is 51. The molecule has 3 unspecified atom stereocenters. The first kappa shape index (κ1) is 92.3. The van der Waals surface area contributed by atoms with E-state index in [1.807, 2.05) is 0 Å². The molecule has 8 N–H and O–H groups in total. The fourth-order valence-corrected chi connectivity index (χ4v) is 9.77. The molecule has 0 saturated carbocycles. The molecule has 584 valence electrons. The van der Waals surface area contributed by atoms with Gasteiger partial charge < -0.3 is 109 Å². The Morgan fingerprint density at radius 1 is 0.437 bits per heavy atom. The van der Waals surface area contributed by atoms with Gasteiger partial charge in [0, 0.05) is 148 Å². The molecule has 9 atom stereocenters. The average molecular weight is 1480 g/mol. The number of nitrogens with one attached hydrogen (secondary N) is 6. The first-order valence-electron chi connectivity index (χ1n) is 33.8. The maximum Gasteiger partial charge on any atom is 0.307 e. The molecule has 0 aliphatic carbocycles. The molecular weight excluding hydrogens is 1370 g/mol. The number of aliphatic hydroxyl groups excluding tert-OH is 2. The molecule has 1 aliphatic heterocycles. The zero-order valence-corrected chi connectivity index (χ0v) is 60.9. The molecule has 0 radical (unpaired) electrons. The largest absolute Gasteiger partial charge is 0.466 e. The van der Waals surface area contributed by atoms with E-state index >= 15 is 0 Å². The number of carbonyl (C=O) groups is 15. The number of amides is 6. The van der Waals surface area contributed by atoms with Gasteiger partial charge >= 0.3 is 53.7 Å². The molecular formula is C66H105N7O30. The van der Waals surface area contributed by atoms with Crippen molar-refractivity contribution in [3.05, 3.63) is 22.9 Å². The Hall–Kier alpha value is -8.75. The number of unbranched alkanes of at least 4 members (excludes halogenated alkanes) is 3. The third kappa shape index (κ3) is 43.1. The second-order valence-corrected chi connectivity index (χ2v) is 23.4.